The number of fused-ring (bicyclic) bond motifs is 1. The summed E-state index contributed by atoms with van der Waals surface area (Å²) in [7, 11) is -3.89. The predicted octanol–water partition coefficient (Wildman–Crippen LogP) is 3.37. The number of aryl methyl sites for hydroxylation is 1. The summed E-state index contributed by atoms with van der Waals surface area (Å²) in [5.74, 6) is 0. The molecule has 2 aromatic carbocycles. The molecule has 0 saturated carbocycles. The largest absolute Gasteiger partial charge is 0.280 e. The summed E-state index contributed by atoms with van der Waals surface area (Å²) < 4.78 is 27.2. The minimum Gasteiger partial charge on any atom is -0.267 e. The quantitative estimate of drug-likeness (QED) is 0.572. The Bertz CT molecular complexity index is 1260. The van der Waals surface area contributed by atoms with Gasteiger partial charge in [-0.3, -0.25) is 4.79 Å². The fourth-order valence-corrected chi connectivity index (χ4v) is 4.74. The summed E-state index contributed by atoms with van der Waals surface area (Å²) in [4.78, 5) is 19.9. The number of hydrogen-bond acceptors (Lipinski definition) is 5. The molecule has 1 N–H and O–H groups in total. The molecule has 4 rings (SSSR count). The van der Waals surface area contributed by atoms with Crippen LogP contribution in [0.5, 0.6) is 0 Å². The first-order chi connectivity index (χ1) is 13.0. The van der Waals surface area contributed by atoms with Crippen molar-refractivity contribution in [1.29, 1.82) is 0 Å². The molecular weight excluding hydrogens is 382 g/mol. The molecule has 0 atom stereocenters. The van der Waals surface area contributed by atoms with Crippen molar-refractivity contribution in [3.8, 4) is 10.6 Å². The zero-order valence-electron chi connectivity index (χ0n) is 14.3. The van der Waals surface area contributed by atoms with Gasteiger partial charge < -0.3 is 0 Å². The van der Waals surface area contributed by atoms with E-state index in [9.17, 15) is 13.2 Å². The number of pyridine rings is 1. The number of rotatable bonds is 4. The summed E-state index contributed by atoms with van der Waals surface area (Å²) in [5, 5.41) is 0.550. The van der Waals surface area contributed by atoms with Crippen molar-refractivity contribution in [3.05, 3.63) is 82.8 Å². The summed E-state index contributed by atoms with van der Waals surface area (Å²) in [6, 6.07) is 18.9. The molecule has 27 heavy (non-hydrogen) atoms. The molecule has 8 heteroatoms. The Labute approximate surface area is 159 Å². The van der Waals surface area contributed by atoms with E-state index < -0.39 is 15.6 Å². The lowest BCUT2D eigenvalue weighted by Crippen LogP contribution is -2.35. The minimum absolute atomic E-state index is 0.0849. The second-order valence-electron chi connectivity index (χ2n) is 5.92. The van der Waals surface area contributed by atoms with E-state index in [1.54, 1.807) is 37.3 Å². The summed E-state index contributed by atoms with van der Waals surface area (Å²) in [6.45, 7) is 1.66. The molecule has 0 radical (unpaired) electrons. The molecule has 136 valence electrons. The van der Waals surface area contributed by atoms with Crippen LogP contribution >= 0.6 is 11.3 Å². The lowest BCUT2D eigenvalue weighted by Gasteiger charge is -2.14. The van der Waals surface area contributed by atoms with Crippen molar-refractivity contribution in [2.75, 3.05) is 4.83 Å². The molecule has 6 nitrogen and oxygen atoms in total. The van der Waals surface area contributed by atoms with Crippen LogP contribution in [-0.2, 0) is 10.0 Å². The van der Waals surface area contributed by atoms with Crippen molar-refractivity contribution in [1.82, 2.24) is 9.66 Å². The highest BCUT2D eigenvalue weighted by molar-refractivity contribution is 7.92. The maximum Gasteiger partial charge on any atom is 0.280 e. The molecule has 0 aliphatic rings. The highest BCUT2D eigenvalue weighted by atomic mass is 32.2. The van der Waals surface area contributed by atoms with Gasteiger partial charge in [0.15, 0.2) is 0 Å². The topological polar surface area (TPSA) is 81.1 Å². The minimum atomic E-state index is -3.89. The van der Waals surface area contributed by atoms with Crippen LogP contribution < -0.4 is 10.4 Å². The van der Waals surface area contributed by atoms with Crippen LogP contribution in [0.2, 0.25) is 0 Å². The number of para-hydroxylation sites is 1. The van der Waals surface area contributed by atoms with E-state index >= 15 is 0 Å². The highest BCUT2D eigenvalue weighted by Gasteiger charge is 2.18. The molecule has 2 heterocycles. The Balaban J connectivity index is 1.81. The average Bonchev–Trinajstić information content (AvgIpc) is 3.09. The van der Waals surface area contributed by atoms with Gasteiger partial charge in [0.25, 0.3) is 15.6 Å². The van der Waals surface area contributed by atoms with Gasteiger partial charge in [-0.1, -0.05) is 30.3 Å². The molecule has 0 fully saturated rings. The monoisotopic (exact) mass is 397 g/mol. The van der Waals surface area contributed by atoms with Gasteiger partial charge in [-0.2, -0.15) is 8.42 Å². The molecule has 2 aromatic heterocycles. The second-order valence-corrected chi connectivity index (χ2v) is 8.61. The Morgan fingerprint density at radius 1 is 0.963 bits per heavy atom. The van der Waals surface area contributed by atoms with Gasteiger partial charge in [0, 0.05) is 5.69 Å². The second kappa shape index (κ2) is 6.64. The summed E-state index contributed by atoms with van der Waals surface area (Å²) in [6.07, 6.45) is 0. The number of sulfonamides is 1. The van der Waals surface area contributed by atoms with Gasteiger partial charge in [0.2, 0.25) is 0 Å². The lowest BCUT2D eigenvalue weighted by molar-refractivity contribution is 0.593. The Hall–Kier alpha value is -2.97. The van der Waals surface area contributed by atoms with Crippen molar-refractivity contribution in [2.24, 2.45) is 0 Å². The smallest absolute Gasteiger partial charge is 0.267 e. The first-order valence-electron chi connectivity index (χ1n) is 8.12. The molecule has 0 aliphatic heterocycles. The van der Waals surface area contributed by atoms with E-state index in [0.29, 0.717) is 16.3 Å². The fourth-order valence-electron chi connectivity index (χ4n) is 2.67. The van der Waals surface area contributed by atoms with Crippen molar-refractivity contribution in [2.45, 2.75) is 11.8 Å². The van der Waals surface area contributed by atoms with Gasteiger partial charge in [0.05, 0.1) is 20.7 Å². The van der Waals surface area contributed by atoms with Crippen LogP contribution in [0.4, 0.5) is 0 Å². The highest BCUT2D eigenvalue weighted by Crippen LogP contribution is 2.28. The van der Waals surface area contributed by atoms with E-state index in [2.05, 4.69) is 9.82 Å². The standard InChI is InChI=1S/C19H15N3O3S2/c1-13-11-12-15(18-20-16-9-5-6-10-17(16)26-18)19(23)22(13)21-27(24,25)14-7-3-2-4-8-14/h2-12,21H,1H3. The van der Waals surface area contributed by atoms with Crippen LogP contribution in [0.15, 0.2) is 76.4 Å². The first-order valence-corrected chi connectivity index (χ1v) is 10.4. The van der Waals surface area contributed by atoms with Gasteiger partial charge in [-0.05, 0) is 43.3 Å². The van der Waals surface area contributed by atoms with Gasteiger partial charge >= 0.3 is 0 Å². The molecular formula is C19H15N3O3S2. The van der Waals surface area contributed by atoms with Crippen LogP contribution in [-0.4, -0.2) is 18.1 Å². The maximum absolute atomic E-state index is 13.0. The van der Waals surface area contributed by atoms with E-state index in [-0.39, 0.29) is 4.90 Å². The van der Waals surface area contributed by atoms with Crippen molar-refractivity contribution in [3.63, 3.8) is 0 Å². The van der Waals surface area contributed by atoms with E-state index in [1.165, 1.54) is 23.5 Å². The van der Waals surface area contributed by atoms with Crippen LogP contribution in [0.25, 0.3) is 20.8 Å². The third kappa shape index (κ3) is 3.24. The summed E-state index contributed by atoms with van der Waals surface area (Å²) in [5.41, 5.74) is 1.16. The Morgan fingerprint density at radius 3 is 2.41 bits per heavy atom. The number of hydrogen-bond donors (Lipinski definition) is 1. The zero-order valence-corrected chi connectivity index (χ0v) is 15.9. The van der Waals surface area contributed by atoms with Gasteiger partial charge in [-0.15, -0.1) is 11.3 Å². The van der Waals surface area contributed by atoms with E-state index in [4.69, 9.17) is 0 Å². The zero-order chi connectivity index (χ0) is 19.0. The van der Waals surface area contributed by atoms with Crippen molar-refractivity contribution < 1.29 is 8.42 Å². The maximum atomic E-state index is 13.0. The van der Waals surface area contributed by atoms with Crippen LogP contribution in [0.3, 0.4) is 0 Å². The molecule has 0 spiro atoms. The van der Waals surface area contributed by atoms with E-state index in [0.717, 1.165) is 14.9 Å². The SMILES string of the molecule is Cc1ccc(-c2nc3ccccc3s2)c(=O)n1NS(=O)(=O)c1ccccc1. The van der Waals surface area contributed by atoms with Crippen LogP contribution in [0.1, 0.15) is 5.69 Å². The summed E-state index contributed by atoms with van der Waals surface area (Å²) >= 11 is 1.39. The first kappa shape index (κ1) is 17.4. The number of aromatic nitrogens is 2. The Kier molecular flexibility index (Phi) is 4.29. The van der Waals surface area contributed by atoms with Gasteiger partial charge in [-0.25, -0.2) is 14.5 Å². The van der Waals surface area contributed by atoms with Crippen molar-refractivity contribution >= 4 is 31.6 Å². The van der Waals surface area contributed by atoms with Crippen LogP contribution in [0, 0.1) is 6.92 Å². The average molecular weight is 397 g/mol. The normalized spacial score (nSPS) is 11.6. The number of benzene rings is 2. The third-order valence-electron chi connectivity index (χ3n) is 4.07. The third-order valence-corrected chi connectivity index (χ3v) is 6.45. The van der Waals surface area contributed by atoms with Gasteiger partial charge in [0.1, 0.15) is 5.01 Å². The predicted molar refractivity (Wildman–Crippen MR) is 107 cm³/mol. The number of nitrogens with one attached hydrogen (secondary N) is 1. The fraction of sp³-hybridized carbons (Fsp3) is 0.0526. The van der Waals surface area contributed by atoms with E-state index in [1.807, 2.05) is 24.3 Å². The molecule has 0 unspecified atom stereocenters. The Morgan fingerprint density at radius 2 is 1.67 bits per heavy atom. The molecule has 0 aliphatic carbocycles. The molecule has 0 bridgehead atoms. The molecule has 4 aromatic rings. The lowest BCUT2D eigenvalue weighted by atomic mass is 10.2. The number of nitrogens with zero attached hydrogens (tertiary/aromatic N) is 2. The number of thiazole rings is 1. The molecule has 0 saturated heterocycles. The molecule has 0 amide bonds.